The smallest absolute Gasteiger partial charge is 0.323 e. The molecule has 0 atom stereocenters. The number of carbonyl (C=O) groups is 2. The van der Waals surface area contributed by atoms with Gasteiger partial charge in [-0.25, -0.2) is 4.79 Å². The molecule has 142 valence electrons. The number of pyridine rings is 1. The van der Waals surface area contributed by atoms with Crippen LogP contribution in [0.2, 0.25) is 0 Å². The van der Waals surface area contributed by atoms with Gasteiger partial charge >= 0.3 is 6.03 Å². The number of urea groups is 1. The van der Waals surface area contributed by atoms with Crippen LogP contribution in [0.1, 0.15) is 5.69 Å². The summed E-state index contributed by atoms with van der Waals surface area (Å²) in [5.41, 5.74) is 0.962. The van der Waals surface area contributed by atoms with E-state index >= 15 is 0 Å². The van der Waals surface area contributed by atoms with Crippen LogP contribution in [0, 0.1) is 6.92 Å². The molecule has 1 aromatic heterocycles. The Bertz CT molecular complexity index is 873. The number of amides is 3. The summed E-state index contributed by atoms with van der Waals surface area (Å²) in [6.45, 7) is 3.72. The Kier molecular flexibility index (Phi) is 5.87. The Morgan fingerprint density at radius 3 is 2.44 bits per heavy atom. The monoisotopic (exact) mass is 370 g/mol. The fraction of sp³-hybridized carbons (Fsp3) is 0.316. The minimum absolute atomic E-state index is 0.0690. The van der Waals surface area contributed by atoms with E-state index in [2.05, 4.69) is 10.6 Å². The molecule has 3 rings (SSSR count). The average molecular weight is 370 g/mol. The number of anilines is 2. The predicted molar refractivity (Wildman–Crippen MR) is 102 cm³/mol. The molecule has 8 heteroatoms. The number of nitrogens with one attached hydrogen (secondary N) is 2. The van der Waals surface area contributed by atoms with E-state index < -0.39 is 11.6 Å². The van der Waals surface area contributed by atoms with Crippen molar-refractivity contribution in [2.45, 2.75) is 13.5 Å². The van der Waals surface area contributed by atoms with E-state index in [0.717, 1.165) is 0 Å². The van der Waals surface area contributed by atoms with E-state index in [1.54, 1.807) is 42.2 Å². The molecule has 0 radical (unpaired) electrons. The van der Waals surface area contributed by atoms with Crippen LogP contribution in [-0.4, -0.2) is 47.7 Å². The molecule has 0 unspecified atom stereocenters. The van der Waals surface area contributed by atoms with Gasteiger partial charge in [-0.3, -0.25) is 9.59 Å². The number of rotatable bonds is 4. The van der Waals surface area contributed by atoms with Gasteiger partial charge in [-0.1, -0.05) is 18.2 Å². The van der Waals surface area contributed by atoms with Crippen LogP contribution in [0.3, 0.4) is 0 Å². The lowest BCUT2D eigenvalue weighted by molar-refractivity contribution is -0.135. The SMILES string of the molecule is Cc1ccc(NC(=O)Nc2ccccc2)c(=O)n1CC(=O)N1CCOCC1. The number of aromatic nitrogens is 1. The number of hydrogen-bond donors (Lipinski definition) is 2. The standard InChI is InChI=1S/C19H22N4O4/c1-14-7-8-16(21-19(26)20-15-5-3-2-4-6-15)18(25)23(14)13-17(24)22-9-11-27-12-10-22/h2-8H,9-13H2,1H3,(H2,20,21,26). The second-order valence-corrected chi connectivity index (χ2v) is 6.22. The summed E-state index contributed by atoms with van der Waals surface area (Å²) in [6, 6.07) is 11.6. The molecule has 1 fully saturated rings. The van der Waals surface area contributed by atoms with E-state index in [1.807, 2.05) is 6.07 Å². The van der Waals surface area contributed by atoms with Crippen molar-refractivity contribution in [2.24, 2.45) is 0 Å². The molecule has 0 spiro atoms. The molecule has 2 aromatic rings. The highest BCUT2D eigenvalue weighted by Crippen LogP contribution is 2.08. The van der Waals surface area contributed by atoms with Crippen molar-refractivity contribution in [2.75, 3.05) is 36.9 Å². The maximum atomic E-state index is 12.7. The zero-order chi connectivity index (χ0) is 19.2. The van der Waals surface area contributed by atoms with Crippen LogP contribution in [0.5, 0.6) is 0 Å². The number of nitrogens with zero attached hydrogens (tertiary/aromatic N) is 2. The molecule has 0 saturated carbocycles. The summed E-state index contributed by atoms with van der Waals surface area (Å²) in [5, 5.41) is 5.21. The highest BCUT2D eigenvalue weighted by molar-refractivity contribution is 5.99. The summed E-state index contributed by atoms with van der Waals surface area (Å²) in [4.78, 5) is 39.0. The number of hydrogen-bond acceptors (Lipinski definition) is 4. The second kappa shape index (κ2) is 8.50. The third kappa shape index (κ3) is 4.73. The van der Waals surface area contributed by atoms with Crippen LogP contribution in [0.25, 0.3) is 0 Å². The van der Waals surface area contributed by atoms with Crippen LogP contribution in [0.15, 0.2) is 47.3 Å². The molecule has 1 aromatic carbocycles. The van der Waals surface area contributed by atoms with E-state index in [-0.39, 0.29) is 18.1 Å². The summed E-state index contributed by atoms with van der Waals surface area (Å²) in [6.07, 6.45) is 0. The van der Waals surface area contributed by atoms with Crippen LogP contribution >= 0.6 is 0 Å². The average Bonchev–Trinajstić information content (AvgIpc) is 2.68. The van der Waals surface area contributed by atoms with Crippen LogP contribution in [-0.2, 0) is 16.1 Å². The van der Waals surface area contributed by atoms with Gasteiger partial charge < -0.3 is 24.8 Å². The topological polar surface area (TPSA) is 92.7 Å². The van der Waals surface area contributed by atoms with E-state index in [9.17, 15) is 14.4 Å². The highest BCUT2D eigenvalue weighted by atomic mass is 16.5. The van der Waals surface area contributed by atoms with Gasteiger partial charge in [0.15, 0.2) is 0 Å². The van der Waals surface area contributed by atoms with Gasteiger partial charge in [0.2, 0.25) is 5.91 Å². The minimum Gasteiger partial charge on any atom is -0.378 e. The van der Waals surface area contributed by atoms with Gasteiger partial charge in [0.25, 0.3) is 5.56 Å². The Labute approximate surface area is 156 Å². The number of benzene rings is 1. The Morgan fingerprint density at radius 2 is 1.74 bits per heavy atom. The number of morpholine rings is 1. The quantitative estimate of drug-likeness (QED) is 0.856. The van der Waals surface area contributed by atoms with Crippen molar-refractivity contribution in [3.05, 3.63) is 58.5 Å². The first-order chi connectivity index (χ1) is 13.0. The predicted octanol–water partition coefficient (Wildman–Crippen LogP) is 1.66. The molecule has 8 nitrogen and oxygen atoms in total. The van der Waals surface area contributed by atoms with Crippen LogP contribution < -0.4 is 16.2 Å². The third-order valence-corrected chi connectivity index (χ3v) is 4.33. The molecule has 3 amide bonds. The molecule has 0 bridgehead atoms. The first kappa shape index (κ1) is 18.7. The molecular weight excluding hydrogens is 348 g/mol. The lowest BCUT2D eigenvalue weighted by atomic mass is 10.3. The Morgan fingerprint density at radius 1 is 1.04 bits per heavy atom. The fourth-order valence-corrected chi connectivity index (χ4v) is 2.82. The summed E-state index contributed by atoms with van der Waals surface area (Å²) < 4.78 is 6.61. The molecule has 2 N–H and O–H groups in total. The zero-order valence-electron chi connectivity index (χ0n) is 15.1. The van der Waals surface area contributed by atoms with E-state index in [1.165, 1.54) is 10.6 Å². The first-order valence-corrected chi connectivity index (χ1v) is 8.73. The number of ether oxygens (including phenoxy) is 1. The Balaban J connectivity index is 1.72. The van der Waals surface area contributed by atoms with Crippen molar-refractivity contribution in [3.8, 4) is 0 Å². The summed E-state index contributed by atoms with van der Waals surface area (Å²) in [7, 11) is 0. The van der Waals surface area contributed by atoms with Crippen molar-refractivity contribution in [1.82, 2.24) is 9.47 Å². The number of aryl methyl sites for hydroxylation is 1. The van der Waals surface area contributed by atoms with Crippen molar-refractivity contribution in [3.63, 3.8) is 0 Å². The molecule has 1 aliphatic heterocycles. The maximum absolute atomic E-state index is 12.7. The van der Waals surface area contributed by atoms with E-state index in [0.29, 0.717) is 37.7 Å². The summed E-state index contributed by atoms with van der Waals surface area (Å²) >= 11 is 0. The fourth-order valence-electron chi connectivity index (χ4n) is 2.82. The zero-order valence-corrected chi connectivity index (χ0v) is 15.1. The van der Waals surface area contributed by atoms with Gasteiger partial charge in [0.05, 0.1) is 13.2 Å². The second-order valence-electron chi connectivity index (χ2n) is 6.22. The first-order valence-electron chi connectivity index (χ1n) is 8.73. The lowest BCUT2D eigenvalue weighted by Gasteiger charge is -2.27. The number of carbonyl (C=O) groups excluding carboxylic acids is 2. The lowest BCUT2D eigenvalue weighted by Crippen LogP contribution is -2.43. The molecule has 1 aliphatic rings. The molecule has 0 aliphatic carbocycles. The third-order valence-electron chi connectivity index (χ3n) is 4.33. The van der Waals surface area contributed by atoms with Gasteiger partial charge in [0.1, 0.15) is 12.2 Å². The Hall–Kier alpha value is -3.13. The van der Waals surface area contributed by atoms with Crippen molar-refractivity contribution in [1.29, 1.82) is 0 Å². The highest BCUT2D eigenvalue weighted by Gasteiger charge is 2.19. The van der Waals surface area contributed by atoms with Gasteiger partial charge in [-0.2, -0.15) is 0 Å². The largest absolute Gasteiger partial charge is 0.378 e. The normalized spacial score (nSPS) is 13.9. The molecule has 1 saturated heterocycles. The van der Waals surface area contributed by atoms with Crippen LogP contribution in [0.4, 0.5) is 16.2 Å². The minimum atomic E-state index is -0.520. The molecular formula is C19H22N4O4. The summed E-state index contributed by atoms with van der Waals surface area (Å²) in [5.74, 6) is -0.144. The van der Waals surface area contributed by atoms with Gasteiger partial charge in [-0.15, -0.1) is 0 Å². The molecule has 2 heterocycles. The molecule has 27 heavy (non-hydrogen) atoms. The maximum Gasteiger partial charge on any atom is 0.323 e. The van der Waals surface area contributed by atoms with Gasteiger partial charge in [0, 0.05) is 24.5 Å². The van der Waals surface area contributed by atoms with Gasteiger partial charge in [-0.05, 0) is 31.2 Å². The number of para-hydroxylation sites is 1. The van der Waals surface area contributed by atoms with Crippen molar-refractivity contribution < 1.29 is 14.3 Å². The van der Waals surface area contributed by atoms with E-state index in [4.69, 9.17) is 4.74 Å². The van der Waals surface area contributed by atoms with Crippen molar-refractivity contribution >= 4 is 23.3 Å².